The van der Waals surface area contributed by atoms with E-state index in [1.54, 1.807) is 12.5 Å². The molecule has 2 aromatic rings. The van der Waals surface area contributed by atoms with E-state index in [0.29, 0.717) is 12.2 Å². The van der Waals surface area contributed by atoms with Gasteiger partial charge in [-0.3, -0.25) is 9.79 Å². The third-order valence-electron chi connectivity index (χ3n) is 4.54. The Kier molecular flexibility index (Phi) is 3.11. The average Bonchev–Trinajstić information content (AvgIpc) is 2.95. The van der Waals surface area contributed by atoms with E-state index in [9.17, 15) is 4.79 Å². The number of hydrogen-bond acceptors (Lipinski definition) is 5. The Morgan fingerprint density at radius 2 is 2.13 bits per heavy atom. The van der Waals surface area contributed by atoms with Gasteiger partial charge in [0.05, 0.1) is 12.2 Å². The highest BCUT2D eigenvalue weighted by molar-refractivity contribution is 6.10. The Balaban J connectivity index is 1.87. The van der Waals surface area contributed by atoms with Gasteiger partial charge in [0.1, 0.15) is 23.3 Å². The number of anilines is 1. The minimum atomic E-state index is -0.302. The molecule has 118 valence electrons. The summed E-state index contributed by atoms with van der Waals surface area (Å²) in [5.41, 5.74) is 1.64. The highest BCUT2D eigenvalue weighted by Gasteiger charge is 2.44. The molecule has 2 aromatic heterocycles. The molecule has 5 heteroatoms. The summed E-state index contributed by atoms with van der Waals surface area (Å²) >= 11 is 0. The van der Waals surface area contributed by atoms with Crippen LogP contribution in [0.15, 0.2) is 46.1 Å². The summed E-state index contributed by atoms with van der Waals surface area (Å²) in [5.74, 6) is 1.35. The molecule has 1 saturated carbocycles. The minimum absolute atomic E-state index is 0.0627. The number of ketones is 1. The summed E-state index contributed by atoms with van der Waals surface area (Å²) < 4.78 is 5.60. The molecule has 5 nitrogen and oxygen atoms in total. The van der Waals surface area contributed by atoms with Gasteiger partial charge in [0.2, 0.25) is 0 Å². The normalized spacial score (nSPS) is 25.7. The predicted molar refractivity (Wildman–Crippen MR) is 87.9 cm³/mol. The monoisotopic (exact) mass is 309 g/mol. The molecular weight excluding hydrogens is 290 g/mol. The van der Waals surface area contributed by atoms with Gasteiger partial charge in [-0.05, 0) is 36.1 Å². The third kappa shape index (κ3) is 2.46. The lowest BCUT2D eigenvalue weighted by atomic mass is 9.68. The second-order valence-electron chi connectivity index (χ2n) is 7.07. The van der Waals surface area contributed by atoms with Gasteiger partial charge >= 0.3 is 0 Å². The first kappa shape index (κ1) is 14.2. The second kappa shape index (κ2) is 5.05. The standard InChI is InChI=1S/C18H19N3O2/c1-18(2)9-12-15(13(22)10-18)16(14-6-4-8-23-14)21-17-11(20-12)5-3-7-19-17/h3-8,15-16H,9-10H2,1-2H3,(H,19,21). The minimum Gasteiger partial charge on any atom is -0.467 e. The maximum Gasteiger partial charge on any atom is 0.152 e. The van der Waals surface area contributed by atoms with Crippen LogP contribution in [0.5, 0.6) is 0 Å². The van der Waals surface area contributed by atoms with Crippen LogP contribution in [-0.2, 0) is 4.79 Å². The Morgan fingerprint density at radius 1 is 1.26 bits per heavy atom. The quantitative estimate of drug-likeness (QED) is 0.867. The molecule has 2 unspecified atom stereocenters. The number of carbonyl (C=O) groups excluding carboxylic acids is 1. The molecule has 1 fully saturated rings. The van der Waals surface area contributed by atoms with E-state index in [1.165, 1.54) is 0 Å². The number of nitrogens with zero attached hydrogens (tertiary/aromatic N) is 2. The van der Waals surface area contributed by atoms with Gasteiger partial charge in [0.25, 0.3) is 0 Å². The van der Waals surface area contributed by atoms with Crippen molar-refractivity contribution in [1.29, 1.82) is 0 Å². The van der Waals surface area contributed by atoms with Gasteiger partial charge in [-0.15, -0.1) is 0 Å². The van der Waals surface area contributed by atoms with E-state index in [2.05, 4.69) is 24.1 Å². The molecule has 1 aliphatic carbocycles. The summed E-state index contributed by atoms with van der Waals surface area (Å²) in [6.07, 6.45) is 4.72. The van der Waals surface area contributed by atoms with E-state index < -0.39 is 0 Å². The molecule has 0 bridgehead atoms. The van der Waals surface area contributed by atoms with Crippen LogP contribution in [-0.4, -0.2) is 16.5 Å². The largest absolute Gasteiger partial charge is 0.467 e. The molecule has 4 rings (SSSR count). The van der Waals surface area contributed by atoms with Crippen molar-refractivity contribution in [2.75, 3.05) is 5.32 Å². The summed E-state index contributed by atoms with van der Waals surface area (Å²) in [7, 11) is 0. The lowest BCUT2D eigenvalue weighted by molar-refractivity contribution is -0.124. The molecule has 0 saturated heterocycles. The molecule has 0 amide bonds. The lowest BCUT2D eigenvalue weighted by Crippen LogP contribution is -2.42. The predicted octanol–water partition coefficient (Wildman–Crippen LogP) is 3.92. The van der Waals surface area contributed by atoms with Crippen molar-refractivity contribution < 1.29 is 9.21 Å². The maximum absolute atomic E-state index is 12.9. The first-order valence-corrected chi connectivity index (χ1v) is 7.89. The first-order chi connectivity index (χ1) is 11.0. The number of furan rings is 1. The summed E-state index contributed by atoms with van der Waals surface area (Å²) in [6.45, 7) is 4.24. The van der Waals surface area contributed by atoms with Crippen molar-refractivity contribution in [1.82, 2.24) is 4.98 Å². The van der Waals surface area contributed by atoms with Crippen LogP contribution in [0.3, 0.4) is 0 Å². The molecule has 2 aliphatic rings. The molecule has 3 heterocycles. The molecule has 2 atom stereocenters. The van der Waals surface area contributed by atoms with Gasteiger partial charge in [-0.25, -0.2) is 4.98 Å². The summed E-state index contributed by atoms with van der Waals surface area (Å²) in [6, 6.07) is 7.27. The Bertz CT molecular complexity index is 777. The van der Waals surface area contributed by atoms with E-state index in [-0.39, 0.29) is 23.2 Å². The van der Waals surface area contributed by atoms with E-state index in [4.69, 9.17) is 9.41 Å². The number of fused-ring (bicyclic) bond motifs is 2. The van der Waals surface area contributed by atoms with E-state index >= 15 is 0 Å². The Labute approximate surface area is 134 Å². The summed E-state index contributed by atoms with van der Waals surface area (Å²) in [4.78, 5) is 22.1. The van der Waals surface area contributed by atoms with E-state index in [1.807, 2.05) is 24.3 Å². The van der Waals surface area contributed by atoms with E-state index in [0.717, 1.165) is 23.6 Å². The van der Waals surface area contributed by atoms with Crippen molar-refractivity contribution in [2.45, 2.75) is 32.7 Å². The lowest BCUT2D eigenvalue weighted by Gasteiger charge is -2.36. The molecule has 0 spiro atoms. The van der Waals surface area contributed by atoms with Crippen molar-refractivity contribution in [3.05, 3.63) is 42.5 Å². The molecule has 0 aromatic carbocycles. The van der Waals surface area contributed by atoms with Gasteiger partial charge < -0.3 is 9.73 Å². The van der Waals surface area contributed by atoms with Crippen molar-refractivity contribution in [2.24, 2.45) is 16.3 Å². The van der Waals surface area contributed by atoms with Crippen molar-refractivity contribution in [3.63, 3.8) is 0 Å². The molecule has 1 N–H and O–H groups in total. The van der Waals surface area contributed by atoms with Crippen LogP contribution in [0, 0.1) is 11.3 Å². The molecule has 0 radical (unpaired) electrons. The van der Waals surface area contributed by atoms with Crippen LogP contribution in [0.2, 0.25) is 0 Å². The number of nitrogens with one attached hydrogen (secondary N) is 1. The number of aromatic nitrogens is 1. The number of hydrogen-bond donors (Lipinski definition) is 1. The first-order valence-electron chi connectivity index (χ1n) is 7.89. The number of carbonyl (C=O) groups is 1. The zero-order chi connectivity index (χ0) is 16.0. The zero-order valence-corrected chi connectivity index (χ0v) is 13.2. The zero-order valence-electron chi connectivity index (χ0n) is 13.2. The van der Waals surface area contributed by atoms with Gasteiger partial charge in [0, 0.05) is 18.3 Å². The van der Waals surface area contributed by atoms with Gasteiger partial charge in [0.15, 0.2) is 5.82 Å². The van der Waals surface area contributed by atoms with Crippen molar-refractivity contribution >= 4 is 23.0 Å². The maximum atomic E-state index is 12.9. The smallest absolute Gasteiger partial charge is 0.152 e. The highest BCUT2D eigenvalue weighted by Crippen LogP contribution is 2.44. The van der Waals surface area contributed by atoms with Crippen LogP contribution in [0.1, 0.15) is 38.5 Å². The van der Waals surface area contributed by atoms with Crippen molar-refractivity contribution in [3.8, 4) is 0 Å². The fraction of sp³-hybridized carbons (Fsp3) is 0.389. The summed E-state index contributed by atoms with van der Waals surface area (Å²) in [5, 5.41) is 3.38. The van der Waals surface area contributed by atoms with Crippen LogP contribution in [0.25, 0.3) is 0 Å². The number of rotatable bonds is 1. The topological polar surface area (TPSA) is 67.5 Å². The molecule has 1 aliphatic heterocycles. The van der Waals surface area contributed by atoms with Crippen LogP contribution >= 0.6 is 0 Å². The Hall–Kier alpha value is -2.43. The molecular formula is C18H19N3O2. The third-order valence-corrected chi connectivity index (χ3v) is 4.54. The van der Waals surface area contributed by atoms with Gasteiger partial charge in [-0.2, -0.15) is 0 Å². The average molecular weight is 309 g/mol. The van der Waals surface area contributed by atoms with Crippen LogP contribution in [0.4, 0.5) is 11.5 Å². The number of aliphatic imine (C=N–C) groups is 1. The fourth-order valence-corrected chi connectivity index (χ4v) is 3.60. The Morgan fingerprint density at radius 3 is 2.91 bits per heavy atom. The fourth-order valence-electron chi connectivity index (χ4n) is 3.60. The van der Waals surface area contributed by atoms with Gasteiger partial charge in [-0.1, -0.05) is 13.8 Å². The van der Waals surface area contributed by atoms with Crippen LogP contribution < -0.4 is 5.32 Å². The molecule has 23 heavy (non-hydrogen) atoms. The number of Topliss-reactive ketones (excluding diaryl/α,β-unsaturated/α-hetero) is 1. The highest BCUT2D eigenvalue weighted by atomic mass is 16.3. The number of pyridine rings is 1. The second-order valence-corrected chi connectivity index (χ2v) is 7.07. The SMILES string of the molecule is CC1(C)CC(=O)C2C(=Nc3cccnc3NC2c2ccco2)C1.